The van der Waals surface area contributed by atoms with Crippen LogP contribution >= 0.6 is 0 Å². The number of carbonyl (C=O) groups is 2. The van der Waals surface area contributed by atoms with Crippen LogP contribution < -0.4 is 25.8 Å². The summed E-state index contributed by atoms with van der Waals surface area (Å²) in [6.07, 6.45) is 0. The molecular weight excluding hydrogens is 414 g/mol. The predicted octanol–water partition coefficient (Wildman–Crippen LogP) is 1.89. The minimum Gasteiger partial charge on any atom is -0.454 e. The van der Waals surface area contributed by atoms with Gasteiger partial charge in [-0.3, -0.25) is 9.69 Å². The first-order chi connectivity index (χ1) is 15.4. The molecule has 1 aromatic heterocycles. The number of carbonyl (C=O) groups excluding carboxylic acids is 2. The molecule has 2 aliphatic rings. The lowest BCUT2D eigenvalue weighted by molar-refractivity contribution is -0.131. The van der Waals surface area contributed by atoms with Crippen molar-refractivity contribution in [2.45, 2.75) is 19.0 Å². The van der Waals surface area contributed by atoms with Gasteiger partial charge >= 0.3 is 6.03 Å². The summed E-state index contributed by atoms with van der Waals surface area (Å²) in [5.41, 5.74) is 5.88. The van der Waals surface area contributed by atoms with Gasteiger partial charge in [0.25, 0.3) is 5.91 Å². The standard InChI is InChI=1S/C21H19N7O4/c1-21(12-7-8-14-15(9-12)32-11-31-14)17(29)28(20(30)27-21)10-16-24-18(22)26-19(25-16)23-13-5-3-2-4-6-13/h2-9H,10-11H2,1H3,(H,27,30)(H3,22,23,24,25,26)/t21-/m0/s1. The summed E-state index contributed by atoms with van der Waals surface area (Å²) < 4.78 is 10.7. The number of ether oxygens (including phenoxy) is 2. The van der Waals surface area contributed by atoms with Gasteiger partial charge in [0.05, 0.1) is 6.54 Å². The topological polar surface area (TPSA) is 145 Å². The molecule has 4 N–H and O–H groups in total. The Labute approximate surface area is 182 Å². The molecule has 2 aromatic carbocycles. The van der Waals surface area contributed by atoms with Crippen molar-refractivity contribution in [1.82, 2.24) is 25.2 Å². The van der Waals surface area contributed by atoms with E-state index < -0.39 is 17.5 Å². The van der Waals surface area contributed by atoms with Crippen molar-refractivity contribution >= 4 is 29.5 Å². The first-order valence-electron chi connectivity index (χ1n) is 9.79. The van der Waals surface area contributed by atoms with E-state index in [1.807, 2.05) is 30.3 Å². The van der Waals surface area contributed by atoms with Crippen LogP contribution in [0.5, 0.6) is 11.5 Å². The van der Waals surface area contributed by atoms with Crippen LogP contribution in [-0.4, -0.2) is 38.6 Å². The summed E-state index contributed by atoms with van der Waals surface area (Å²) in [6.45, 7) is 1.58. The average molecular weight is 433 g/mol. The number of anilines is 3. The van der Waals surface area contributed by atoms with E-state index in [0.717, 1.165) is 10.6 Å². The fraction of sp³-hybridized carbons (Fsp3) is 0.190. The molecule has 1 saturated heterocycles. The van der Waals surface area contributed by atoms with E-state index >= 15 is 0 Å². The number of nitrogens with two attached hydrogens (primary N) is 1. The van der Waals surface area contributed by atoms with Gasteiger partial charge in [-0.2, -0.15) is 15.0 Å². The number of rotatable bonds is 5. The number of nitrogen functional groups attached to an aromatic ring is 1. The highest BCUT2D eigenvalue weighted by atomic mass is 16.7. The van der Waals surface area contributed by atoms with Crippen LogP contribution in [0.1, 0.15) is 18.3 Å². The van der Waals surface area contributed by atoms with E-state index in [2.05, 4.69) is 25.6 Å². The number of imide groups is 1. The molecule has 0 aliphatic carbocycles. The van der Waals surface area contributed by atoms with Crippen LogP contribution in [0.3, 0.4) is 0 Å². The molecule has 162 valence electrons. The fourth-order valence-corrected chi connectivity index (χ4v) is 3.60. The third-order valence-electron chi connectivity index (χ3n) is 5.25. The lowest BCUT2D eigenvalue weighted by Gasteiger charge is -2.22. The number of benzene rings is 2. The number of urea groups is 1. The highest BCUT2D eigenvalue weighted by Crippen LogP contribution is 2.38. The quantitative estimate of drug-likeness (QED) is 0.514. The number of nitrogens with zero attached hydrogens (tertiary/aromatic N) is 4. The summed E-state index contributed by atoms with van der Waals surface area (Å²) in [5.74, 6) is 1.02. The molecule has 3 aromatic rings. The molecule has 0 radical (unpaired) electrons. The van der Waals surface area contributed by atoms with Gasteiger partial charge in [0.1, 0.15) is 5.54 Å². The monoisotopic (exact) mass is 433 g/mol. The maximum atomic E-state index is 13.3. The van der Waals surface area contributed by atoms with E-state index in [0.29, 0.717) is 17.1 Å². The zero-order chi connectivity index (χ0) is 22.3. The molecule has 32 heavy (non-hydrogen) atoms. The highest BCUT2D eigenvalue weighted by Gasteiger charge is 2.49. The molecule has 2 aliphatic heterocycles. The van der Waals surface area contributed by atoms with Crippen LogP contribution in [0.25, 0.3) is 0 Å². The van der Waals surface area contributed by atoms with Crippen LogP contribution in [-0.2, 0) is 16.9 Å². The van der Waals surface area contributed by atoms with Crippen molar-refractivity contribution in [2.24, 2.45) is 0 Å². The maximum absolute atomic E-state index is 13.3. The lowest BCUT2D eigenvalue weighted by atomic mass is 9.91. The second kappa shape index (κ2) is 7.38. The molecule has 0 unspecified atom stereocenters. The van der Waals surface area contributed by atoms with Gasteiger partial charge in [0, 0.05) is 5.69 Å². The zero-order valence-electron chi connectivity index (χ0n) is 17.0. The Morgan fingerprint density at radius 3 is 2.69 bits per heavy atom. The zero-order valence-corrected chi connectivity index (χ0v) is 17.0. The van der Waals surface area contributed by atoms with Crippen molar-refractivity contribution in [3.63, 3.8) is 0 Å². The SMILES string of the molecule is C[C@@]1(c2ccc3c(c2)OCO3)NC(=O)N(Cc2nc(N)nc(Nc3ccccc3)n2)C1=O. The number of hydrogen-bond acceptors (Lipinski definition) is 9. The normalized spacial score (nSPS) is 19.2. The van der Waals surface area contributed by atoms with Crippen LogP contribution in [0, 0.1) is 0 Å². The van der Waals surface area contributed by atoms with Crippen molar-refractivity contribution in [3.05, 3.63) is 59.9 Å². The third-order valence-corrected chi connectivity index (χ3v) is 5.25. The summed E-state index contributed by atoms with van der Waals surface area (Å²) in [7, 11) is 0. The molecular formula is C21H19N7O4. The summed E-state index contributed by atoms with van der Waals surface area (Å²) in [6, 6.07) is 13.8. The summed E-state index contributed by atoms with van der Waals surface area (Å²) >= 11 is 0. The number of aromatic nitrogens is 3. The molecule has 0 bridgehead atoms. The van der Waals surface area contributed by atoms with Gasteiger partial charge in [-0.15, -0.1) is 0 Å². The van der Waals surface area contributed by atoms with Crippen LogP contribution in [0.15, 0.2) is 48.5 Å². The van der Waals surface area contributed by atoms with Crippen molar-refractivity contribution < 1.29 is 19.1 Å². The number of amides is 3. The van der Waals surface area contributed by atoms with Crippen molar-refractivity contribution in [2.75, 3.05) is 17.8 Å². The third kappa shape index (κ3) is 3.39. The Bertz CT molecular complexity index is 1220. The Hall–Kier alpha value is -4.41. The van der Waals surface area contributed by atoms with Gasteiger partial charge in [0.2, 0.25) is 18.7 Å². The van der Waals surface area contributed by atoms with E-state index in [1.54, 1.807) is 25.1 Å². The van der Waals surface area contributed by atoms with Gasteiger partial charge < -0.3 is 25.8 Å². The molecule has 11 heteroatoms. The minimum absolute atomic E-state index is 0.0287. The highest BCUT2D eigenvalue weighted by molar-refractivity contribution is 6.07. The van der Waals surface area contributed by atoms with E-state index in [1.165, 1.54) is 0 Å². The van der Waals surface area contributed by atoms with Crippen LogP contribution in [0.4, 0.5) is 22.4 Å². The van der Waals surface area contributed by atoms with E-state index in [4.69, 9.17) is 15.2 Å². The molecule has 0 spiro atoms. The number of para-hydroxylation sites is 1. The van der Waals surface area contributed by atoms with E-state index in [-0.39, 0.29) is 31.1 Å². The molecule has 1 atom stereocenters. The van der Waals surface area contributed by atoms with Gasteiger partial charge in [-0.1, -0.05) is 24.3 Å². The van der Waals surface area contributed by atoms with Crippen molar-refractivity contribution in [1.29, 1.82) is 0 Å². The van der Waals surface area contributed by atoms with Gasteiger partial charge in [-0.25, -0.2) is 4.79 Å². The number of fused-ring (bicyclic) bond motifs is 1. The van der Waals surface area contributed by atoms with Crippen LogP contribution in [0.2, 0.25) is 0 Å². The molecule has 3 heterocycles. The Morgan fingerprint density at radius 2 is 1.88 bits per heavy atom. The Balaban J connectivity index is 1.39. The van der Waals surface area contributed by atoms with Gasteiger partial charge in [0.15, 0.2) is 17.3 Å². The smallest absolute Gasteiger partial charge is 0.325 e. The second-order valence-electron chi connectivity index (χ2n) is 7.44. The second-order valence-corrected chi connectivity index (χ2v) is 7.44. The maximum Gasteiger partial charge on any atom is 0.325 e. The summed E-state index contributed by atoms with van der Waals surface area (Å²) in [5, 5.41) is 5.78. The Kier molecular flexibility index (Phi) is 4.51. The first-order valence-corrected chi connectivity index (χ1v) is 9.79. The Morgan fingerprint density at radius 1 is 1.09 bits per heavy atom. The summed E-state index contributed by atoms with van der Waals surface area (Å²) in [4.78, 5) is 39.4. The molecule has 0 saturated carbocycles. The average Bonchev–Trinajstić information content (AvgIpc) is 3.32. The minimum atomic E-state index is -1.28. The largest absolute Gasteiger partial charge is 0.454 e. The van der Waals surface area contributed by atoms with Crippen molar-refractivity contribution in [3.8, 4) is 11.5 Å². The molecule has 5 rings (SSSR count). The van der Waals surface area contributed by atoms with Gasteiger partial charge in [-0.05, 0) is 36.8 Å². The predicted molar refractivity (Wildman–Crippen MR) is 113 cm³/mol. The fourth-order valence-electron chi connectivity index (χ4n) is 3.60. The lowest BCUT2D eigenvalue weighted by Crippen LogP contribution is -2.40. The van der Waals surface area contributed by atoms with E-state index in [9.17, 15) is 9.59 Å². The first kappa shape index (κ1) is 19.5. The molecule has 3 amide bonds. The molecule has 11 nitrogen and oxygen atoms in total. The number of nitrogens with one attached hydrogen (secondary N) is 2. The molecule has 1 fully saturated rings. The number of hydrogen-bond donors (Lipinski definition) is 3.